The monoisotopic (exact) mass is 231 g/mol. The van der Waals surface area contributed by atoms with Gasteiger partial charge in [0, 0.05) is 19.1 Å². The van der Waals surface area contributed by atoms with Crippen LogP contribution in [-0.2, 0) is 0 Å². The van der Waals surface area contributed by atoms with Crippen LogP contribution in [0.3, 0.4) is 0 Å². The van der Waals surface area contributed by atoms with Crippen LogP contribution in [0.15, 0.2) is 0 Å². The highest BCUT2D eigenvalue weighted by Crippen LogP contribution is 2.23. The number of nitriles is 1. The highest BCUT2D eigenvalue weighted by Gasteiger charge is 2.22. The Hall–Kier alpha value is -1.67. The molecule has 1 atom stereocenters. The lowest BCUT2D eigenvalue weighted by molar-refractivity contribution is 0.501. The summed E-state index contributed by atoms with van der Waals surface area (Å²) in [5, 5.41) is 17.5. The van der Waals surface area contributed by atoms with E-state index >= 15 is 0 Å². The molecule has 0 bridgehead atoms. The maximum absolute atomic E-state index is 9.24. The first-order valence-corrected chi connectivity index (χ1v) is 5.88. The molecule has 0 saturated carbocycles. The molecule has 5 heteroatoms. The van der Waals surface area contributed by atoms with E-state index in [0.717, 1.165) is 37.2 Å². The number of aryl methyl sites for hydroxylation is 1. The summed E-state index contributed by atoms with van der Waals surface area (Å²) < 4.78 is 0. The van der Waals surface area contributed by atoms with Gasteiger partial charge >= 0.3 is 0 Å². The molecule has 0 aliphatic carbocycles. The number of nitrogens with zero attached hydrogens (tertiary/aromatic N) is 4. The fourth-order valence-electron chi connectivity index (χ4n) is 2.15. The Balaban J connectivity index is 2.38. The number of piperidine rings is 1. The van der Waals surface area contributed by atoms with Crippen molar-refractivity contribution in [3.05, 3.63) is 16.8 Å². The van der Waals surface area contributed by atoms with Gasteiger partial charge in [0.1, 0.15) is 11.6 Å². The predicted octanol–water partition coefficient (Wildman–Crippen LogP) is 0.893. The number of aromatic nitrogens is 2. The summed E-state index contributed by atoms with van der Waals surface area (Å²) in [5.74, 6) is 0.686. The minimum Gasteiger partial charge on any atom is -0.352 e. The topological polar surface area (TPSA) is 78.8 Å². The minimum atomic E-state index is 0.165. The average Bonchev–Trinajstić information content (AvgIpc) is 2.32. The average molecular weight is 231 g/mol. The van der Waals surface area contributed by atoms with E-state index in [9.17, 15) is 5.26 Å². The molecule has 0 radical (unpaired) electrons. The Labute approximate surface area is 101 Å². The van der Waals surface area contributed by atoms with Crippen LogP contribution < -0.4 is 10.6 Å². The molecule has 1 saturated heterocycles. The van der Waals surface area contributed by atoms with Crippen molar-refractivity contribution in [3.63, 3.8) is 0 Å². The van der Waals surface area contributed by atoms with Gasteiger partial charge in [0.2, 0.25) is 0 Å². The van der Waals surface area contributed by atoms with Gasteiger partial charge in [-0.05, 0) is 32.3 Å². The predicted molar refractivity (Wildman–Crippen MR) is 65.6 cm³/mol. The van der Waals surface area contributed by atoms with Gasteiger partial charge in [-0.1, -0.05) is 0 Å². The molecule has 2 rings (SSSR count). The molecule has 5 nitrogen and oxygen atoms in total. The lowest BCUT2D eigenvalue weighted by atomic mass is 10.0. The van der Waals surface area contributed by atoms with Crippen LogP contribution in [0.5, 0.6) is 0 Å². The van der Waals surface area contributed by atoms with E-state index in [1.807, 2.05) is 13.8 Å². The zero-order valence-electron chi connectivity index (χ0n) is 10.3. The summed E-state index contributed by atoms with van der Waals surface area (Å²) in [6, 6.07) is 2.40. The molecule has 17 heavy (non-hydrogen) atoms. The number of hydrogen-bond donors (Lipinski definition) is 1. The highest BCUT2D eigenvalue weighted by molar-refractivity contribution is 5.57. The molecular formula is C12H17N5. The lowest BCUT2D eigenvalue weighted by Crippen LogP contribution is -2.43. The molecular weight excluding hydrogens is 214 g/mol. The Morgan fingerprint density at radius 2 is 2.18 bits per heavy atom. The van der Waals surface area contributed by atoms with Crippen molar-refractivity contribution < 1.29 is 0 Å². The lowest BCUT2D eigenvalue weighted by Gasteiger charge is -2.32. The fraction of sp³-hybridized carbons (Fsp3) is 0.583. The van der Waals surface area contributed by atoms with Crippen LogP contribution >= 0.6 is 0 Å². The van der Waals surface area contributed by atoms with Crippen molar-refractivity contribution in [2.24, 2.45) is 5.73 Å². The Kier molecular flexibility index (Phi) is 3.25. The van der Waals surface area contributed by atoms with Crippen molar-refractivity contribution in [1.82, 2.24) is 10.2 Å². The van der Waals surface area contributed by atoms with Crippen molar-refractivity contribution in [1.29, 1.82) is 5.26 Å². The third kappa shape index (κ3) is 2.22. The van der Waals surface area contributed by atoms with Gasteiger partial charge in [0.15, 0.2) is 5.82 Å². The van der Waals surface area contributed by atoms with Gasteiger partial charge in [0.25, 0.3) is 0 Å². The van der Waals surface area contributed by atoms with E-state index in [1.54, 1.807) is 0 Å². The van der Waals surface area contributed by atoms with Crippen molar-refractivity contribution in [3.8, 4) is 6.07 Å². The molecule has 0 aromatic carbocycles. The van der Waals surface area contributed by atoms with Crippen LogP contribution in [0.25, 0.3) is 0 Å². The van der Waals surface area contributed by atoms with Gasteiger partial charge in [-0.3, -0.25) is 0 Å². The smallest absolute Gasteiger partial charge is 0.169 e. The summed E-state index contributed by atoms with van der Waals surface area (Å²) >= 11 is 0. The molecule has 90 valence electrons. The van der Waals surface area contributed by atoms with E-state index < -0.39 is 0 Å². The largest absolute Gasteiger partial charge is 0.352 e. The van der Waals surface area contributed by atoms with Gasteiger partial charge in [-0.15, -0.1) is 5.10 Å². The molecule has 1 unspecified atom stereocenters. The summed E-state index contributed by atoms with van der Waals surface area (Å²) in [6.07, 6.45) is 2.08. The molecule has 0 amide bonds. The number of hydrogen-bond acceptors (Lipinski definition) is 5. The zero-order chi connectivity index (χ0) is 12.4. The summed E-state index contributed by atoms with van der Waals surface area (Å²) in [6.45, 7) is 5.44. The maximum Gasteiger partial charge on any atom is 0.169 e. The molecule has 1 aromatic rings. The summed E-state index contributed by atoms with van der Waals surface area (Å²) in [7, 11) is 0. The summed E-state index contributed by atoms with van der Waals surface area (Å²) in [4.78, 5) is 2.08. The second-order valence-electron chi connectivity index (χ2n) is 4.57. The number of anilines is 1. The van der Waals surface area contributed by atoms with Crippen LogP contribution in [0.2, 0.25) is 0 Å². The highest BCUT2D eigenvalue weighted by atomic mass is 15.3. The Morgan fingerprint density at radius 3 is 2.82 bits per heavy atom. The fourth-order valence-corrected chi connectivity index (χ4v) is 2.15. The first-order chi connectivity index (χ1) is 8.13. The Bertz CT molecular complexity index is 463. The van der Waals surface area contributed by atoms with Gasteiger partial charge in [-0.2, -0.15) is 10.4 Å². The van der Waals surface area contributed by atoms with Crippen LogP contribution in [0.4, 0.5) is 5.82 Å². The minimum absolute atomic E-state index is 0.165. The normalized spacial score (nSPS) is 20.1. The van der Waals surface area contributed by atoms with E-state index in [4.69, 9.17) is 5.73 Å². The molecule has 1 aromatic heterocycles. The Morgan fingerprint density at radius 1 is 1.41 bits per heavy atom. The number of rotatable bonds is 1. The molecule has 1 aliphatic heterocycles. The maximum atomic E-state index is 9.24. The quantitative estimate of drug-likeness (QED) is 0.776. The third-order valence-corrected chi connectivity index (χ3v) is 3.31. The zero-order valence-corrected chi connectivity index (χ0v) is 10.3. The SMILES string of the molecule is Cc1nnc(N2CCCC(N)C2)c(C#N)c1C. The molecule has 1 fully saturated rings. The number of nitrogens with two attached hydrogens (primary N) is 1. The third-order valence-electron chi connectivity index (χ3n) is 3.31. The second-order valence-corrected chi connectivity index (χ2v) is 4.57. The van der Waals surface area contributed by atoms with Crippen molar-refractivity contribution in [2.75, 3.05) is 18.0 Å². The van der Waals surface area contributed by atoms with Gasteiger partial charge < -0.3 is 10.6 Å². The molecule has 0 spiro atoms. The van der Waals surface area contributed by atoms with Gasteiger partial charge in [-0.25, -0.2) is 0 Å². The second kappa shape index (κ2) is 4.68. The first-order valence-electron chi connectivity index (χ1n) is 5.88. The van der Waals surface area contributed by atoms with Crippen LogP contribution in [0.1, 0.15) is 29.7 Å². The van der Waals surface area contributed by atoms with E-state index in [-0.39, 0.29) is 6.04 Å². The van der Waals surface area contributed by atoms with Crippen molar-refractivity contribution in [2.45, 2.75) is 32.7 Å². The summed E-state index contributed by atoms with van der Waals surface area (Å²) in [5.41, 5.74) is 8.31. The van der Waals surface area contributed by atoms with Crippen LogP contribution in [0, 0.1) is 25.2 Å². The van der Waals surface area contributed by atoms with E-state index in [1.165, 1.54) is 0 Å². The van der Waals surface area contributed by atoms with Gasteiger partial charge in [0.05, 0.1) is 5.69 Å². The first kappa shape index (κ1) is 11.8. The molecule has 2 N–H and O–H groups in total. The van der Waals surface area contributed by atoms with E-state index in [2.05, 4.69) is 21.2 Å². The molecule has 1 aliphatic rings. The van der Waals surface area contributed by atoms with Crippen LogP contribution in [-0.4, -0.2) is 29.3 Å². The van der Waals surface area contributed by atoms with Crippen molar-refractivity contribution >= 4 is 5.82 Å². The standard InChI is InChI=1S/C12H17N5/c1-8-9(2)15-16-12(11(8)6-13)17-5-3-4-10(14)7-17/h10H,3-5,7,14H2,1-2H3. The van der Waals surface area contributed by atoms with E-state index in [0.29, 0.717) is 11.4 Å². The molecule has 2 heterocycles.